The number of nitro benzene ring substituents is 1. The Morgan fingerprint density at radius 3 is 2.52 bits per heavy atom. The van der Waals surface area contributed by atoms with Crippen molar-refractivity contribution < 1.29 is 4.92 Å². The molecule has 0 aromatic heterocycles. The van der Waals surface area contributed by atoms with Crippen molar-refractivity contribution in [3.05, 3.63) is 28.3 Å². The summed E-state index contributed by atoms with van der Waals surface area (Å²) in [5, 5.41) is 18.1. The van der Waals surface area contributed by atoms with Gasteiger partial charge in [-0.15, -0.1) is 0 Å². The molecular weight excluding hydrogens is 266 g/mol. The maximum atomic E-state index is 11.5. The van der Waals surface area contributed by atoms with Gasteiger partial charge in [-0.3, -0.25) is 10.1 Å². The van der Waals surface area contributed by atoms with E-state index < -0.39 is 0 Å². The molecule has 0 radical (unpaired) electrons. The van der Waals surface area contributed by atoms with Crippen LogP contribution in [0.5, 0.6) is 0 Å². The van der Waals surface area contributed by atoms with Gasteiger partial charge in [-0.2, -0.15) is 0 Å². The Kier molecular flexibility index (Phi) is 5.04. The van der Waals surface area contributed by atoms with Crippen LogP contribution in [0.25, 0.3) is 0 Å². The van der Waals surface area contributed by atoms with Gasteiger partial charge >= 0.3 is 5.69 Å². The Balaban J connectivity index is 2.27. The number of nitrogens with zero attached hydrogens (tertiary/aromatic N) is 1. The van der Waals surface area contributed by atoms with E-state index in [-0.39, 0.29) is 16.1 Å². The summed E-state index contributed by atoms with van der Waals surface area (Å²) in [5.41, 5.74) is 1.36. The lowest BCUT2D eigenvalue weighted by molar-refractivity contribution is -0.383. The molecule has 0 bridgehead atoms. The Morgan fingerprint density at radius 1 is 1.24 bits per heavy atom. The molecule has 1 aliphatic carbocycles. The van der Waals surface area contributed by atoms with Gasteiger partial charge in [-0.05, 0) is 38.3 Å². The van der Waals surface area contributed by atoms with Crippen molar-refractivity contribution in [1.82, 2.24) is 0 Å². The van der Waals surface area contributed by atoms with Crippen molar-refractivity contribution in [2.45, 2.75) is 57.9 Å². The quantitative estimate of drug-likeness (QED) is 0.596. The molecule has 0 atom stereocenters. The van der Waals surface area contributed by atoms with E-state index in [1.165, 1.54) is 19.3 Å². The molecule has 1 fully saturated rings. The van der Waals surface area contributed by atoms with Gasteiger partial charge in [-0.1, -0.05) is 32.3 Å². The van der Waals surface area contributed by atoms with E-state index in [9.17, 15) is 10.1 Å². The number of anilines is 2. The highest BCUT2D eigenvalue weighted by Gasteiger charge is 2.30. The molecule has 0 aliphatic heterocycles. The fourth-order valence-electron chi connectivity index (χ4n) is 3.03. The van der Waals surface area contributed by atoms with E-state index in [0.717, 1.165) is 25.8 Å². The van der Waals surface area contributed by atoms with Gasteiger partial charge in [-0.25, -0.2) is 0 Å². The van der Waals surface area contributed by atoms with Gasteiger partial charge in [0, 0.05) is 12.1 Å². The van der Waals surface area contributed by atoms with E-state index in [1.807, 2.05) is 19.1 Å². The first kappa shape index (κ1) is 15.6. The third kappa shape index (κ3) is 3.86. The third-order valence-electron chi connectivity index (χ3n) is 4.18. The van der Waals surface area contributed by atoms with Crippen LogP contribution in [0.15, 0.2) is 18.2 Å². The summed E-state index contributed by atoms with van der Waals surface area (Å²) in [6.07, 6.45) is 6.70. The summed E-state index contributed by atoms with van der Waals surface area (Å²) >= 11 is 0. The maximum Gasteiger partial charge on any atom is 0.315 e. The van der Waals surface area contributed by atoms with E-state index in [0.29, 0.717) is 11.4 Å². The molecule has 1 aromatic rings. The Hall–Kier alpha value is -1.78. The van der Waals surface area contributed by atoms with Crippen molar-refractivity contribution in [3.63, 3.8) is 0 Å². The van der Waals surface area contributed by atoms with Gasteiger partial charge in [0.15, 0.2) is 0 Å². The number of benzene rings is 1. The SMILES string of the molecule is CCCNc1cccc(NC2(C)CCCCC2)c1[N+](=O)[O-]. The standard InChI is InChI=1S/C16H25N3O2/c1-3-12-17-13-8-7-9-14(15(13)19(20)21)18-16(2)10-5-4-6-11-16/h7-9,17-18H,3-6,10-12H2,1-2H3. The zero-order valence-corrected chi connectivity index (χ0v) is 12.9. The van der Waals surface area contributed by atoms with Crippen LogP contribution >= 0.6 is 0 Å². The minimum atomic E-state index is -0.285. The zero-order valence-electron chi connectivity index (χ0n) is 12.9. The molecule has 2 N–H and O–H groups in total. The van der Waals surface area contributed by atoms with Crippen LogP contribution in [0.1, 0.15) is 52.4 Å². The fourth-order valence-corrected chi connectivity index (χ4v) is 3.03. The van der Waals surface area contributed by atoms with Crippen LogP contribution in [-0.2, 0) is 0 Å². The molecule has 0 spiro atoms. The number of para-hydroxylation sites is 1. The summed E-state index contributed by atoms with van der Waals surface area (Å²) in [6, 6.07) is 5.47. The van der Waals surface area contributed by atoms with Gasteiger partial charge in [0.25, 0.3) is 0 Å². The molecule has 2 rings (SSSR count). The lowest BCUT2D eigenvalue weighted by atomic mass is 9.83. The topological polar surface area (TPSA) is 67.2 Å². The first-order chi connectivity index (χ1) is 10.1. The molecule has 0 heterocycles. The largest absolute Gasteiger partial charge is 0.379 e. The lowest BCUT2D eigenvalue weighted by Crippen LogP contribution is -2.37. The van der Waals surface area contributed by atoms with Gasteiger partial charge in [0.05, 0.1) is 4.92 Å². The predicted octanol–water partition coefficient (Wildman–Crippen LogP) is 4.55. The van der Waals surface area contributed by atoms with Gasteiger partial charge < -0.3 is 10.6 Å². The molecule has 0 amide bonds. The highest BCUT2D eigenvalue weighted by atomic mass is 16.6. The van der Waals surface area contributed by atoms with Gasteiger partial charge in [0.2, 0.25) is 0 Å². The predicted molar refractivity (Wildman–Crippen MR) is 87.0 cm³/mol. The Bertz CT molecular complexity index is 496. The van der Waals surface area contributed by atoms with Crippen molar-refractivity contribution in [1.29, 1.82) is 0 Å². The summed E-state index contributed by atoms with van der Waals surface area (Å²) in [7, 11) is 0. The van der Waals surface area contributed by atoms with E-state index in [2.05, 4.69) is 17.6 Å². The molecule has 5 heteroatoms. The summed E-state index contributed by atoms with van der Waals surface area (Å²) in [5.74, 6) is 0. The van der Waals surface area contributed by atoms with Crippen molar-refractivity contribution in [3.8, 4) is 0 Å². The minimum absolute atomic E-state index is 0.0353. The number of hydrogen-bond acceptors (Lipinski definition) is 4. The van der Waals surface area contributed by atoms with Crippen molar-refractivity contribution in [2.75, 3.05) is 17.2 Å². The van der Waals surface area contributed by atoms with Crippen molar-refractivity contribution >= 4 is 17.1 Å². The monoisotopic (exact) mass is 291 g/mol. The normalized spacial score (nSPS) is 17.2. The number of hydrogen-bond donors (Lipinski definition) is 2. The van der Waals surface area contributed by atoms with Crippen molar-refractivity contribution in [2.24, 2.45) is 0 Å². The van der Waals surface area contributed by atoms with E-state index in [4.69, 9.17) is 0 Å². The highest BCUT2D eigenvalue weighted by Crippen LogP contribution is 2.38. The zero-order chi connectivity index (χ0) is 15.3. The second kappa shape index (κ2) is 6.78. The smallest absolute Gasteiger partial charge is 0.315 e. The average molecular weight is 291 g/mol. The third-order valence-corrected chi connectivity index (χ3v) is 4.18. The van der Waals surface area contributed by atoms with Crippen LogP contribution in [0.4, 0.5) is 17.1 Å². The Labute approximate surface area is 126 Å². The Morgan fingerprint density at radius 2 is 1.90 bits per heavy atom. The maximum absolute atomic E-state index is 11.5. The summed E-state index contributed by atoms with van der Waals surface area (Å²) < 4.78 is 0. The molecule has 1 saturated carbocycles. The first-order valence-corrected chi connectivity index (χ1v) is 7.85. The van der Waals surface area contributed by atoms with E-state index in [1.54, 1.807) is 6.07 Å². The summed E-state index contributed by atoms with van der Waals surface area (Å²) in [4.78, 5) is 11.2. The molecule has 1 aliphatic rings. The highest BCUT2D eigenvalue weighted by molar-refractivity contribution is 5.76. The fraction of sp³-hybridized carbons (Fsp3) is 0.625. The molecular formula is C16H25N3O2. The van der Waals surface area contributed by atoms with Crippen LogP contribution in [-0.4, -0.2) is 17.0 Å². The average Bonchev–Trinajstić information content (AvgIpc) is 2.45. The molecule has 5 nitrogen and oxygen atoms in total. The molecule has 0 unspecified atom stereocenters. The van der Waals surface area contributed by atoms with E-state index >= 15 is 0 Å². The molecule has 21 heavy (non-hydrogen) atoms. The van der Waals surface area contributed by atoms with Crippen LogP contribution in [0, 0.1) is 10.1 Å². The first-order valence-electron chi connectivity index (χ1n) is 7.85. The minimum Gasteiger partial charge on any atom is -0.379 e. The van der Waals surface area contributed by atoms with Gasteiger partial charge in [0.1, 0.15) is 11.4 Å². The second-order valence-electron chi connectivity index (χ2n) is 6.13. The number of nitrogens with one attached hydrogen (secondary N) is 2. The summed E-state index contributed by atoms with van der Waals surface area (Å²) in [6.45, 7) is 4.95. The molecule has 1 aromatic carbocycles. The number of nitro groups is 1. The van der Waals surface area contributed by atoms with Crippen LogP contribution < -0.4 is 10.6 Å². The second-order valence-corrected chi connectivity index (χ2v) is 6.13. The number of rotatable bonds is 6. The lowest BCUT2D eigenvalue weighted by Gasteiger charge is -2.35. The van der Waals surface area contributed by atoms with Crippen LogP contribution in [0.3, 0.4) is 0 Å². The molecule has 116 valence electrons. The molecule has 0 saturated heterocycles. The van der Waals surface area contributed by atoms with Crippen LogP contribution in [0.2, 0.25) is 0 Å².